The minimum atomic E-state index is -0.729. The van der Waals surface area contributed by atoms with Crippen molar-refractivity contribution in [1.29, 1.82) is 0 Å². The maximum Gasteiger partial charge on any atom is 0.309 e. The number of carbonyl (C=O) groups is 2. The second-order valence-electron chi connectivity index (χ2n) is 5.11. The third-order valence-electron chi connectivity index (χ3n) is 3.58. The summed E-state index contributed by atoms with van der Waals surface area (Å²) in [5.74, 6) is -1.42. The molecule has 0 spiro atoms. The normalized spacial score (nSPS) is 25.8. The summed E-state index contributed by atoms with van der Waals surface area (Å²) in [6, 6.07) is 0.524. The third kappa shape index (κ3) is 4.12. The van der Waals surface area contributed by atoms with Crippen molar-refractivity contribution < 1.29 is 14.3 Å². The van der Waals surface area contributed by atoms with Crippen molar-refractivity contribution in [3.05, 3.63) is 0 Å². The Morgan fingerprint density at radius 3 is 2.85 bits per heavy atom. The van der Waals surface area contributed by atoms with Gasteiger partial charge < -0.3 is 21.1 Å². The number of rotatable bonds is 4. The predicted molar refractivity (Wildman–Crippen MR) is 77.1 cm³/mol. The van der Waals surface area contributed by atoms with E-state index >= 15 is 0 Å². The summed E-state index contributed by atoms with van der Waals surface area (Å²) in [4.78, 5) is 25.5. The molecular weight excluding hydrogens is 280 g/mol. The van der Waals surface area contributed by atoms with E-state index in [2.05, 4.69) is 27.8 Å². The van der Waals surface area contributed by atoms with Crippen LogP contribution in [0.1, 0.15) is 12.8 Å². The van der Waals surface area contributed by atoms with Gasteiger partial charge in [-0.05, 0) is 19.4 Å². The van der Waals surface area contributed by atoms with Crippen LogP contribution in [0.15, 0.2) is 0 Å². The van der Waals surface area contributed by atoms with Gasteiger partial charge in [0, 0.05) is 19.1 Å². The van der Waals surface area contributed by atoms with Crippen molar-refractivity contribution in [3.63, 3.8) is 0 Å². The lowest BCUT2D eigenvalue weighted by atomic mass is 10.2. The average molecular weight is 300 g/mol. The van der Waals surface area contributed by atoms with Crippen molar-refractivity contribution in [1.82, 2.24) is 15.5 Å². The van der Waals surface area contributed by atoms with Gasteiger partial charge in [-0.2, -0.15) is 0 Å². The van der Waals surface area contributed by atoms with E-state index in [1.54, 1.807) is 0 Å². The Bertz CT molecular complexity index is 404. The molecule has 2 rings (SSSR count). The van der Waals surface area contributed by atoms with Crippen LogP contribution in [0.4, 0.5) is 0 Å². The van der Waals surface area contributed by atoms with Gasteiger partial charge in [0.1, 0.15) is 0 Å². The summed E-state index contributed by atoms with van der Waals surface area (Å²) in [6.45, 7) is 2.96. The lowest BCUT2D eigenvalue weighted by Gasteiger charge is -2.35. The van der Waals surface area contributed by atoms with Gasteiger partial charge in [-0.1, -0.05) is 12.2 Å². The monoisotopic (exact) mass is 300 g/mol. The fraction of sp³-hybridized carbons (Fsp3) is 0.750. The molecule has 0 aromatic rings. The molecule has 2 heterocycles. The predicted octanol–water partition coefficient (Wildman–Crippen LogP) is -1.63. The van der Waals surface area contributed by atoms with Gasteiger partial charge in [0.25, 0.3) is 0 Å². The number of hydrogen-bond acceptors (Lipinski definition) is 5. The van der Waals surface area contributed by atoms with Crippen molar-refractivity contribution in [2.45, 2.75) is 25.0 Å². The van der Waals surface area contributed by atoms with Crippen LogP contribution < -0.4 is 16.4 Å². The summed E-state index contributed by atoms with van der Waals surface area (Å²) < 4.78 is 5.69. The average Bonchev–Trinajstić information content (AvgIpc) is 2.89. The molecule has 0 aromatic carbocycles. The molecule has 0 saturated carbocycles. The van der Waals surface area contributed by atoms with E-state index in [0.717, 1.165) is 13.1 Å². The zero-order valence-electron chi connectivity index (χ0n) is 11.3. The Morgan fingerprint density at radius 2 is 2.10 bits per heavy atom. The highest BCUT2D eigenvalue weighted by atomic mass is 32.1. The van der Waals surface area contributed by atoms with Crippen molar-refractivity contribution in [3.8, 4) is 0 Å². The minimum absolute atomic E-state index is 0.0248. The van der Waals surface area contributed by atoms with E-state index in [9.17, 15) is 9.59 Å². The van der Waals surface area contributed by atoms with E-state index in [-0.39, 0.29) is 17.6 Å². The molecule has 0 aromatic heterocycles. The standard InChI is InChI=1S/C12H20N4O3S/c13-10(20)5-15-12(18)11(17)14-4-9-6-16-3-1-2-8(16)7-19-9/h8-9H,1-7H2,(H2,13,20)(H,14,17)(H,15,18). The lowest BCUT2D eigenvalue weighted by molar-refractivity contribution is -0.139. The third-order valence-corrected chi connectivity index (χ3v) is 3.73. The number of fused-ring (bicyclic) bond motifs is 1. The van der Waals surface area contributed by atoms with E-state index in [1.165, 1.54) is 12.8 Å². The Hall–Kier alpha value is -1.25. The first-order valence-electron chi connectivity index (χ1n) is 6.76. The highest BCUT2D eigenvalue weighted by Crippen LogP contribution is 2.22. The maximum absolute atomic E-state index is 11.5. The lowest BCUT2D eigenvalue weighted by Crippen LogP contribution is -2.51. The van der Waals surface area contributed by atoms with E-state index in [4.69, 9.17) is 10.5 Å². The molecule has 2 unspecified atom stereocenters. The van der Waals surface area contributed by atoms with Crippen molar-refractivity contribution in [2.24, 2.45) is 5.73 Å². The van der Waals surface area contributed by atoms with Crippen LogP contribution in [0.25, 0.3) is 0 Å². The van der Waals surface area contributed by atoms with Gasteiger partial charge in [0.2, 0.25) is 0 Å². The van der Waals surface area contributed by atoms with Crippen molar-refractivity contribution in [2.75, 3.05) is 32.8 Å². The van der Waals surface area contributed by atoms with Gasteiger partial charge in [-0.25, -0.2) is 0 Å². The molecule has 2 saturated heterocycles. The molecular formula is C12H20N4O3S. The van der Waals surface area contributed by atoms with Gasteiger partial charge in [-0.15, -0.1) is 0 Å². The Morgan fingerprint density at radius 1 is 1.35 bits per heavy atom. The number of nitrogens with one attached hydrogen (secondary N) is 2. The Balaban J connectivity index is 1.68. The molecule has 2 aliphatic rings. The van der Waals surface area contributed by atoms with Crippen LogP contribution in [-0.2, 0) is 14.3 Å². The fourth-order valence-corrected chi connectivity index (χ4v) is 2.62. The number of amides is 2. The second kappa shape index (κ2) is 6.96. The first-order chi connectivity index (χ1) is 9.56. The molecule has 2 aliphatic heterocycles. The van der Waals surface area contributed by atoms with Gasteiger partial charge >= 0.3 is 11.8 Å². The molecule has 20 heavy (non-hydrogen) atoms. The molecule has 0 bridgehead atoms. The van der Waals surface area contributed by atoms with Crippen LogP contribution >= 0.6 is 12.2 Å². The van der Waals surface area contributed by atoms with Crippen LogP contribution in [0, 0.1) is 0 Å². The molecule has 0 radical (unpaired) electrons. The molecule has 7 nitrogen and oxygen atoms in total. The number of carbonyl (C=O) groups excluding carboxylic acids is 2. The summed E-state index contributed by atoms with van der Waals surface area (Å²) >= 11 is 4.62. The smallest absolute Gasteiger partial charge is 0.309 e. The number of ether oxygens (including phenoxy) is 1. The maximum atomic E-state index is 11.5. The molecule has 2 atom stereocenters. The van der Waals surface area contributed by atoms with Crippen LogP contribution in [0.3, 0.4) is 0 Å². The molecule has 8 heteroatoms. The van der Waals surface area contributed by atoms with Gasteiger partial charge in [0.05, 0.1) is 24.2 Å². The molecule has 2 amide bonds. The summed E-state index contributed by atoms with van der Waals surface area (Å²) in [5.41, 5.74) is 5.24. The van der Waals surface area contributed by atoms with Crippen LogP contribution in [0.5, 0.6) is 0 Å². The highest BCUT2D eigenvalue weighted by Gasteiger charge is 2.32. The number of thiocarbonyl (C=S) groups is 1. The van der Waals surface area contributed by atoms with Crippen LogP contribution in [-0.4, -0.2) is 66.6 Å². The molecule has 112 valence electrons. The van der Waals surface area contributed by atoms with Gasteiger partial charge in [-0.3, -0.25) is 14.5 Å². The number of hydrogen-bond donors (Lipinski definition) is 3. The minimum Gasteiger partial charge on any atom is -0.392 e. The zero-order valence-corrected chi connectivity index (χ0v) is 12.1. The first-order valence-corrected chi connectivity index (χ1v) is 7.17. The second-order valence-corrected chi connectivity index (χ2v) is 5.63. The molecule has 2 fully saturated rings. The largest absolute Gasteiger partial charge is 0.392 e. The highest BCUT2D eigenvalue weighted by molar-refractivity contribution is 7.80. The SMILES string of the molecule is NC(=S)CNC(=O)C(=O)NCC1CN2CCCC2CO1. The van der Waals surface area contributed by atoms with E-state index < -0.39 is 11.8 Å². The Kier molecular flexibility index (Phi) is 5.27. The summed E-state index contributed by atoms with van der Waals surface area (Å²) in [7, 11) is 0. The van der Waals surface area contributed by atoms with E-state index in [1.807, 2.05) is 0 Å². The number of nitrogens with zero attached hydrogens (tertiary/aromatic N) is 1. The zero-order chi connectivity index (χ0) is 14.5. The number of morpholine rings is 1. The van der Waals surface area contributed by atoms with Gasteiger partial charge in [0.15, 0.2) is 0 Å². The molecule has 0 aliphatic carbocycles. The molecule has 4 N–H and O–H groups in total. The quantitative estimate of drug-likeness (QED) is 0.426. The van der Waals surface area contributed by atoms with E-state index in [0.29, 0.717) is 19.2 Å². The summed E-state index contributed by atoms with van der Waals surface area (Å²) in [6.07, 6.45) is 2.33. The summed E-state index contributed by atoms with van der Waals surface area (Å²) in [5, 5.41) is 4.91. The Labute approximate surface area is 123 Å². The van der Waals surface area contributed by atoms with Crippen LogP contribution in [0.2, 0.25) is 0 Å². The topological polar surface area (TPSA) is 96.7 Å². The van der Waals surface area contributed by atoms with Crippen molar-refractivity contribution >= 4 is 29.0 Å². The number of nitrogens with two attached hydrogens (primary N) is 1. The fourth-order valence-electron chi connectivity index (χ4n) is 2.54. The first kappa shape index (κ1) is 15.1.